The Morgan fingerprint density at radius 1 is 0.404 bits per heavy atom. The van der Waals surface area contributed by atoms with E-state index in [1.165, 1.54) is 56.1 Å². The second kappa shape index (κ2) is 9.91. The predicted octanol–water partition coefficient (Wildman–Crippen LogP) is 5.78. The summed E-state index contributed by atoms with van der Waals surface area (Å²) in [4.78, 5) is 10.4. The molecule has 0 aromatic heterocycles. The summed E-state index contributed by atoms with van der Waals surface area (Å²) in [5, 5.41) is 16.7. The van der Waals surface area contributed by atoms with Crippen molar-refractivity contribution in [3.8, 4) is 0 Å². The Hall–Kier alpha value is -4.08. The van der Waals surface area contributed by atoms with E-state index < -0.39 is 0 Å². The lowest BCUT2D eigenvalue weighted by atomic mass is 9.54. The topological polar surface area (TPSA) is 61.1 Å². The highest BCUT2D eigenvalue weighted by Gasteiger charge is 2.72. The molecule has 8 heteroatoms. The maximum Gasteiger partial charge on any atom is 0.0933 e. The van der Waals surface area contributed by atoms with Crippen LogP contribution in [0.4, 0.5) is 22.7 Å². The molecule has 4 saturated heterocycles. The number of likely N-dealkylation sites (tertiary alicyclic amines) is 4. The fourth-order valence-electron chi connectivity index (χ4n) is 13.8. The number of nitrogens with zero attached hydrogens (tertiary/aromatic N) is 4. The fourth-order valence-corrected chi connectivity index (χ4v) is 13.8. The maximum absolute atomic E-state index is 4.36. The summed E-state index contributed by atoms with van der Waals surface area (Å²) >= 11 is 0. The van der Waals surface area contributed by atoms with Crippen molar-refractivity contribution in [3.05, 3.63) is 118 Å². The van der Waals surface area contributed by atoms with Crippen LogP contribution in [0.15, 0.2) is 84.9 Å². The molecule has 0 bridgehead atoms. The molecule has 8 nitrogen and oxygen atoms in total. The van der Waals surface area contributed by atoms with E-state index in [0.717, 1.165) is 51.9 Å². The second-order valence-corrected chi connectivity index (χ2v) is 17.5. The second-order valence-electron chi connectivity index (χ2n) is 17.5. The molecule has 0 spiro atoms. The summed E-state index contributed by atoms with van der Waals surface area (Å²) in [6, 6.07) is 33.0. The Kier molecular flexibility index (Phi) is 5.79. The van der Waals surface area contributed by atoms with Crippen LogP contribution >= 0.6 is 0 Å². The zero-order chi connectivity index (χ0) is 34.8. The molecule has 8 aliphatic heterocycles. The predicted molar refractivity (Wildman–Crippen MR) is 209 cm³/mol. The van der Waals surface area contributed by atoms with Crippen molar-refractivity contribution in [2.75, 3.05) is 75.6 Å². The summed E-state index contributed by atoms with van der Waals surface area (Å²) in [7, 11) is 9.33. The van der Waals surface area contributed by atoms with Gasteiger partial charge in [0.2, 0.25) is 0 Å². The van der Waals surface area contributed by atoms with E-state index in [-0.39, 0.29) is 46.3 Å². The minimum absolute atomic E-state index is 0.100. The number of nitrogens with one attached hydrogen (secondary N) is 4. The van der Waals surface area contributed by atoms with Crippen LogP contribution in [0.5, 0.6) is 0 Å². The highest BCUT2D eigenvalue weighted by molar-refractivity contribution is 5.81. The van der Waals surface area contributed by atoms with Crippen molar-refractivity contribution in [1.29, 1.82) is 0 Å². The Labute approximate surface area is 307 Å². The van der Waals surface area contributed by atoms with Gasteiger partial charge in [0.05, 0.1) is 35.5 Å². The van der Waals surface area contributed by atoms with Gasteiger partial charge in [0.1, 0.15) is 0 Å². The van der Waals surface area contributed by atoms with Gasteiger partial charge in [0.25, 0.3) is 0 Å². The molecule has 52 heavy (non-hydrogen) atoms. The van der Waals surface area contributed by atoms with Gasteiger partial charge in [0, 0.05) is 59.8 Å². The molecule has 12 rings (SSSR count). The van der Waals surface area contributed by atoms with Crippen LogP contribution < -0.4 is 21.3 Å². The lowest BCUT2D eigenvalue weighted by Gasteiger charge is -2.48. The van der Waals surface area contributed by atoms with Crippen LogP contribution in [-0.4, -0.2) is 98.6 Å². The third-order valence-electron chi connectivity index (χ3n) is 15.9. The molecule has 266 valence electrons. The third kappa shape index (κ3) is 3.17. The van der Waals surface area contributed by atoms with Gasteiger partial charge in [0.15, 0.2) is 0 Å². The largest absolute Gasteiger partial charge is 0.368 e. The van der Waals surface area contributed by atoms with Crippen molar-refractivity contribution in [2.24, 2.45) is 0 Å². The number of rotatable bonds is 3. The highest BCUT2D eigenvalue weighted by atomic mass is 15.4. The molecule has 0 radical (unpaired) electrons. The van der Waals surface area contributed by atoms with Crippen molar-refractivity contribution >= 4 is 22.7 Å². The SMILES string of the molecule is CN1CCC2(c3cccc4c3NC3N(C)CCC43C34CCN(C)C3Nc3c4cccc3[C@]34CCN(C)C3Nc3ccccc34)c3ccccc3NC12. The zero-order valence-electron chi connectivity index (χ0n) is 30.8. The Morgan fingerprint density at radius 3 is 1.23 bits per heavy atom. The zero-order valence-corrected chi connectivity index (χ0v) is 30.8. The van der Waals surface area contributed by atoms with E-state index in [4.69, 9.17) is 0 Å². The van der Waals surface area contributed by atoms with Crippen molar-refractivity contribution in [3.63, 3.8) is 0 Å². The summed E-state index contributed by atoms with van der Waals surface area (Å²) < 4.78 is 0. The van der Waals surface area contributed by atoms with Crippen LogP contribution in [0.2, 0.25) is 0 Å². The summed E-state index contributed by atoms with van der Waals surface area (Å²) in [5.74, 6) is 0. The van der Waals surface area contributed by atoms with Gasteiger partial charge in [-0.2, -0.15) is 0 Å². The van der Waals surface area contributed by atoms with Crippen molar-refractivity contribution in [2.45, 2.75) is 72.0 Å². The van der Waals surface area contributed by atoms with Gasteiger partial charge in [-0.3, -0.25) is 19.6 Å². The number of anilines is 4. The molecule has 4 aromatic rings. The number of hydrogen-bond acceptors (Lipinski definition) is 8. The van der Waals surface area contributed by atoms with E-state index in [1.54, 1.807) is 0 Å². The first-order chi connectivity index (χ1) is 25.4. The molecule has 7 unspecified atom stereocenters. The minimum Gasteiger partial charge on any atom is -0.368 e. The average Bonchev–Trinajstić information content (AvgIpc) is 4.03. The van der Waals surface area contributed by atoms with E-state index in [9.17, 15) is 0 Å². The average molecular weight is 691 g/mol. The number of likely N-dealkylation sites (N-methyl/N-ethyl adjacent to an activating group) is 4. The molecule has 0 saturated carbocycles. The van der Waals surface area contributed by atoms with Crippen LogP contribution in [0, 0.1) is 0 Å². The molecular weight excluding hydrogens is 641 g/mol. The minimum atomic E-state index is -0.101. The maximum atomic E-state index is 4.36. The molecule has 8 aliphatic rings. The fraction of sp³-hybridized carbons (Fsp3) is 0.455. The van der Waals surface area contributed by atoms with Gasteiger partial charge in [-0.15, -0.1) is 0 Å². The molecule has 4 fully saturated rings. The molecule has 4 aromatic carbocycles. The van der Waals surface area contributed by atoms with Crippen LogP contribution in [0.25, 0.3) is 0 Å². The molecular formula is C44H50N8. The standard InChI is InChI=1S/C44H50N8/c1-49-23-19-41(27-11-5-7-17-33(27)45-37(41)49)29-13-9-15-31-35(29)47-39-43(31,21-25-51(39)3)44-22-26-52(4)40(44)48-36-30(14-10-16-32(36)44)42-20-24-50(2)38(42)46-34-18-8-6-12-28(34)42/h5-18,37-40,45-48H,19-26H2,1-4H3/t37?,38?,39?,40?,41-,42?,43?,44?/m1/s1. The van der Waals surface area contributed by atoms with E-state index in [0.29, 0.717) is 0 Å². The van der Waals surface area contributed by atoms with Gasteiger partial charge in [-0.25, -0.2) is 0 Å². The highest BCUT2D eigenvalue weighted by Crippen LogP contribution is 2.69. The Bertz CT molecular complexity index is 2030. The van der Waals surface area contributed by atoms with Crippen LogP contribution in [0.1, 0.15) is 59.1 Å². The van der Waals surface area contributed by atoms with E-state index >= 15 is 0 Å². The first kappa shape index (κ1) is 30.4. The lowest BCUT2D eigenvalue weighted by molar-refractivity contribution is 0.147. The molecule has 0 amide bonds. The van der Waals surface area contributed by atoms with Gasteiger partial charge >= 0.3 is 0 Å². The summed E-state index contributed by atoms with van der Waals surface area (Å²) in [6.45, 7) is 4.33. The number of benzene rings is 4. The summed E-state index contributed by atoms with van der Waals surface area (Å²) in [6.07, 6.45) is 5.41. The van der Waals surface area contributed by atoms with Crippen molar-refractivity contribution < 1.29 is 0 Å². The molecule has 8 atom stereocenters. The lowest BCUT2D eigenvalue weighted by Crippen LogP contribution is -2.60. The number of fused-ring (bicyclic) bond motifs is 13. The first-order valence-corrected chi connectivity index (χ1v) is 19.7. The first-order valence-electron chi connectivity index (χ1n) is 19.7. The number of para-hydroxylation sites is 4. The quantitative estimate of drug-likeness (QED) is 0.216. The third-order valence-corrected chi connectivity index (χ3v) is 15.9. The van der Waals surface area contributed by atoms with Gasteiger partial charge in [-0.05, 0) is 99.4 Å². The van der Waals surface area contributed by atoms with Crippen LogP contribution in [-0.2, 0) is 21.7 Å². The number of hydrogen-bond donors (Lipinski definition) is 4. The van der Waals surface area contributed by atoms with Crippen LogP contribution in [0.3, 0.4) is 0 Å². The molecule has 0 aliphatic carbocycles. The Balaban J connectivity index is 1.09. The van der Waals surface area contributed by atoms with E-state index in [1.807, 2.05) is 0 Å². The van der Waals surface area contributed by atoms with Gasteiger partial charge < -0.3 is 21.3 Å². The van der Waals surface area contributed by atoms with E-state index in [2.05, 4.69) is 154 Å². The molecule has 4 N–H and O–H groups in total. The van der Waals surface area contributed by atoms with Crippen molar-refractivity contribution in [1.82, 2.24) is 19.6 Å². The monoisotopic (exact) mass is 690 g/mol. The van der Waals surface area contributed by atoms with Gasteiger partial charge in [-0.1, -0.05) is 72.8 Å². The Morgan fingerprint density at radius 2 is 0.769 bits per heavy atom. The normalized spacial score (nSPS) is 38.0. The molecule has 8 heterocycles. The smallest absolute Gasteiger partial charge is 0.0933 e. The summed E-state index contributed by atoms with van der Waals surface area (Å²) in [5.41, 5.74) is 13.9.